The molecular formula is C24H18ClFN4O4S. The number of hydrogen-bond donors (Lipinski definition) is 0. The average molecular weight is 513 g/mol. The van der Waals surface area contributed by atoms with Crippen LogP contribution in [0.1, 0.15) is 19.3 Å². The molecule has 5 rings (SSSR count). The number of aryl methyl sites for hydroxylation is 1. The Bertz CT molecular complexity index is 1620. The third-order valence-corrected chi connectivity index (χ3v) is 7.02. The number of benzene rings is 1. The van der Waals surface area contributed by atoms with Crippen LogP contribution in [0.25, 0.3) is 26.3 Å². The smallest absolute Gasteiger partial charge is 0.336 e. The molecule has 0 aliphatic heterocycles. The summed E-state index contributed by atoms with van der Waals surface area (Å²) in [5.74, 6) is -0.145. The van der Waals surface area contributed by atoms with Crippen LogP contribution in [0.3, 0.4) is 0 Å². The number of thiophene rings is 1. The molecule has 0 unspecified atom stereocenters. The molecule has 0 spiro atoms. The van der Waals surface area contributed by atoms with Gasteiger partial charge >= 0.3 is 5.69 Å². The van der Waals surface area contributed by atoms with Crippen LogP contribution in [-0.2, 0) is 6.54 Å². The molecule has 178 valence electrons. The zero-order valence-corrected chi connectivity index (χ0v) is 20.0. The number of hydrogen-bond acceptors (Lipinski definition) is 7. The lowest BCUT2D eigenvalue weighted by molar-refractivity contribution is 0.302. The third kappa shape index (κ3) is 4.29. The lowest BCUT2D eigenvalue weighted by atomic mass is 10.1. The molecule has 3 heterocycles. The average Bonchev–Trinajstić information content (AvgIpc) is 3.54. The quantitative estimate of drug-likeness (QED) is 0.361. The number of aromatic nitrogens is 3. The molecule has 35 heavy (non-hydrogen) atoms. The van der Waals surface area contributed by atoms with Gasteiger partial charge in [-0.25, -0.2) is 13.8 Å². The van der Waals surface area contributed by atoms with Gasteiger partial charge in [0.05, 0.1) is 54.3 Å². The first-order valence-electron chi connectivity index (χ1n) is 10.7. The second-order valence-electron chi connectivity index (χ2n) is 7.97. The maximum absolute atomic E-state index is 14.1. The molecule has 0 atom stereocenters. The number of ether oxygens (including phenoxy) is 2. The Hall–Kier alpha value is -3.68. The first kappa shape index (κ1) is 23.1. The summed E-state index contributed by atoms with van der Waals surface area (Å²) in [6, 6.07) is 7.86. The normalized spacial score (nSPS) is 13.1. The molecule has 0 N–H and O–H groups in total. The van der Waals surface area contributed by atoms with E-state index in [1.807, 2.05) is 6.07 Å². The van der Waals surface area contributed by atoms with E-state index in [0.29, 0.717) is 21.7 Å². The third-order valence-electron chi connectivity index (χ3n) is 5.56. The minimum atomic E-state index is -0.614. The van der Waals surface area contributed by atoms with E-state index in [0.717, 1.165) is 34.8 Å². The zero-order chi connectivity index (χ0) is 24.7. The monoisotopic (exact) mass is 512 g/mol. The number of rotatable bonds is 7. The topological polar surface area (TPSA) is 99.1 Å². The Labute approximate surface area is 207 Å². The summed E-state index contributed by atoms with van der Waals surface area (Å²) in [5.41, 5.74) is -0.0514. The summed E-state index contributed by atoms with van der Waals surface area (Å²) in [6.07, 6.45) is 5.03. The van der Waals surface area contributed by atoms with Gasteiger partial charge in [-0.3, -0.25) is 14.3 Å². The number of fused-ring (bicyclic) bond motifs is 1. The SMILES string of the molecule is COc1cc(-c2cc3c(s2)c(=O)n(-c2cncc(OC4CC4)c2)c(=O)n3CCC#N)c(Cl)cc1F. The van der Waals surface area contributed by atoms with Crippen LogP contribution < -0.4 is 20.7 Å². The van der Waals surface area contributed by atoms with E-state index in [4.69, 9.17) is 26.3 Å². The molecule has 11 heteroatoms. The summed E-state index contributed by atoms with van der Waals surface area (Å²) >= 11 is 7.42. The van der Waals surface area contributed by atoms with E-state index in [1.165, 1.54) is 30.1 Å². The molecule has 1 fully saturated rings. The molecule has 0 radical (unpaired) electrons. The highest BCUT2D eigenvalue weighted by Gasteiger charge is 2.24. The van der Waals surface area contributed by atoms with Crippen molar-refractivity contribution in [1.29, 1.82) is 5.26 Å². The van der Waals surface area contributed by atoms with E-state index < -0.39 is 17.1 Å². The van der Waals surface area contributed by atoms with E-state index in [2.05, 4.69) is 4.98 Å². The minimum absolute atomic E-state index is 0.000287. The molecule has 3 aromatic heterocycles. The second-order valence-corrected chi connectivity index (χ2v) is 9.43. The molecule has 1 aromatic carbocycles. The van der Waals surface area contributed by atoms with Crippen LogP contribution in [0.2, 0.25) is 5.02 Å². The Balaban J connectivity index is 1.73. The molecule has 1 aliphatic carbocycles. The lowest BCUT2D eigenvalue weighted by Crippen LogP contribution is -2.38. The Morgan fingerprint density at radius 1 is 1.26 bits per heavy atom. The summed E-state index contributed by atoms with van der Waals surface area (Å²) in [5, 5.41) is 9.27. The summed E-state index contributed by atoms with van der Waals surface area (Å²) in [6.45, 7) is 0.0778. The van der Waals surface area contributed by atoms with Crippen LogP contribution in [0.4, 0.5) is 4.39 Å². The Kier molecular flexibility index (Phi) is 6.05. The van der Waals surface area contributed by atoms with Crippen molar-refractivity contribution in [1.82, 2.24) is 14.1 Å². The van der Waals surface area contributed by atoms with Crippen LogP contribution in [0, 0.1) is 17.1 Å². The van der Waals surface area contributed by atoms with Crippen molar-refractivity contribution in [2.24, 2.45) is 0 Å². The van der Waals surface area contributed by atoms with Crippen LogP contribution in [0.15, 0.2) is 46.2 Å². The van der Waals surface area contributed by atoms with E-state index in [1.54, 1.807) is 12.1 Å². The van der Waals surface area contributed by atoms with Crippen molar-refractivity contribution in [2.45, 2.75) is 31.9 Å². The first-order valence-corrected chi connectivity index (χ1v) is 11.9. The summed E-state index contributed by atoms with van der Waals surface area (Å²) in [7, 11) is 1.34. The molecule has 1 saturated carbocycles. The maximum atomic E-state index is 14.1. The largest absolute Gasteiger partial charge is 0.494 e. The fraction of sp³-hybridized carbons (Fsp3) is 0.250. The highest BCUT2D eigenvalue weighted by molar-refractivity contribution is 7.22. The molecule has 0 saturated heterocycles. The van der Waals surface area contributed by atoms with Crippen molar-refractivity contribution < 1.29 is 13.9 Å². The molecule has 8 nitrogen and oxygen atoms in total. The fourth-order valence-electron chi connectivity index (χ4n) is 3.73. The number of halogens is 2. The van der Waals surface area contributed by atoms with Gasteiger partial charge < -0.3 is 9.47 Å². The van der Waals surface area contributed by atoms with Gasteiger partial charge in [0.25, 0.3) is 5.56 Å². The summed E-state index contributed by atoms with van der Waals surface area (Å²) < 4.78 is 27.6. The van der Waals surface area contributed by atoms with Crippen molar-refractivity contribution in [3.63, 3.8) is 0 Å². The Morgan fingerprint density at radius 2 is 2.06 bits per heavy atom. The van der Waals surface area contributed by atoms with Crippen molar-refractivity contribution in [2.75, 3.05) is 7.11 Å². The molecule has 0 bridgehead atoms. The van der Waals surface area contributed by atoms with Gasteiger partial charge in [0, 0.05) is 23.1 Å². The van der Waals surface area contributed by atoms with Crippen LogP contribution in [0.5, 0.6) is 11.5 Å². The molecule has 4 aromatic rings. The number of nitriles is 1. The van der Waals surface area contributed by atoms with Gasteiger partial charge in [0.2, 0.25) is 0 Å². The minimum Gasteiger partial charge on any atom is -0.494 e. The highest BCUT2D eigenvalue weighted by Crippen LogP contribution is 2.39. The lowest BCUT2D eigenvalue weighted by Gasteiger charge is -2.12. The van der Waals surface area contributed by atoms with E-state index in [9.17, 15) is 14.0 Å². The van der Waals surface area contributed by atoms with Gasteiger partial charge in [-0.1, -0.05) is 11.6 Å². The van der Waals surface area contributed by atoms with Crippen molar-refractivity contribution in [3.05, 3.63) is 68.3 Å². The van der Waals surface area contributed by atoms with E-state index >= 15 is 0 Å². The first-order chi connectivity index (χ1) is 16.9. The van der Waals surface area contributed by atoms with Gasteiger partial charge in [-0.15, -0.1) is 11.3 Å². The van der Waals surface area contributed by atoms with Crippen LogP contribution >= 0.6 is 22.9 Å². The van der Waals surface area contributed by atoms with Gasteiger partial charge in [-0.2, -0.15) is 5.26 Å². The van der Waals surface area contributed by atoms with Crippen LogP contribution in [-0.4, -0.2) is 27.3 Å². The zero-order valence-electron chi connectivity index (χ0n) is 18.5. The molecule has 0 amide bonds. The highest BCUT2D eigenvalue weighted by atomic mass is 35.5. The van der Waals surface area contributed by atoms with Gasteiger partial charge in [-0.05, 0) is 31.0 Å². The maximum Gasteiger partial charge on any atom is 0.336 e. The van der Waals surface area contributed by atoms with Gasteiger partial charge in [0.15, 0.2) is 11.6 Å². The number of methoxy groups -OCH3 is 1. The van der Waals surface area contributed by atoms with Crippen molar-refractivity contribution >= 4 is 33.2 Å². The molecular weight excluding hydrogens is 495 g/mol. The predicted molar refractivity (Wildman–Crippen MR) is 130 cm³/mol. The number of pyridine rings is 1. The Morgan fingerprint density at radius 3 is 2.77 bits per heavy atom. The van der Waals surface area contributed by atoms with Gasteiger partial charge in [0.1, 0.15) is 10.4 Å². The fourth-order valence-corrected chi connectivity index (χ4v) is 5.16. The van der Waals surface area contributed by atoms with E-state index in [-0.39, 0.29) is 40.2 Å². The number of nitrogens with zero attached hydrogens (tertiary/aromatic N) is 4. The summed E-state index contributed by atoms with van der Waals surface area (Å²) in [4.78, 5) is 31.7. The van der Waals surface area contributed by atoms with Crippen molar-refractivity contribution in [3.8, 4) is 33.7 Å². The second kappa shape index (κ2) is 9.17. The molecule has 1 aliphatic rings. The predicted octanol–water partition coefficient (Wildman–Crippen LogP) is 4.53. The standard InChI is InChI=1S/C24H18ClFN4O4S/c1-33-20-8-16(17(25)9-18(20)26)21-10-19-22(35-21)23(31)30(24(32)29(19)6-2-5-27)13-7-15(12-28-11-13)34-14-3-4-14/h7-12,14H,2-4,6H2,1H3.